The predicted octanol–water partition coefficient (Wildman–Crippen LogP) is 2.59. The predicted molar refractivity (Wildman–Crippen MR) is 117 cm³/mol. The van der Waals surface area contributed by atoms with Crippen molar-refractivity contribution in [1.29, 1.82) is 0 Å². The molecule has 2 aromatic rings. The van der Waals surface area contributed by atoms with Crippen LogP contribution in [0.1, 0.15) is 37.9 Å². The number of fused-ring (bicyclic) bond motifs is 1. The molecule has 0 bridgehead atoms. The first-order valence-corrected chi connectivity index (χ1v) is 11.3. The molecule has 0 aliphatic heterocycles. The summed E-state index contributed by atoms with van der Waals surface area (Å²) in [6.07, 6.45) is 7.28. The average molecular weight is 416 g/mol. The molecule has 156 valence electrons. The van der Waals surface area contributed by atoms with Gasteiger partial charge in [0.15, 0.2) is 0 Å². The van der Waals surface area contributed by atoms with E-state index in [0.717, 1.165) is 56.6 Å². The second kappa shape index (κ2) is 10.5. The maximum absolute atomic E-state index is 12.7. The number of amides is 1. The quantitative estimate of drug-likeness (QED) is 0.501. The highest BCUT2D eigenvalue weighted by Gasteiger charge is 2.21. The van der Waals surface area contributed by atoms with Gasteiger partial charge in [-0.15, -0.1) is 0 Å². The van der Waals surface area contributed by atoms with Crippen molar-refractivity contribution in [3.8, 4) is 0 Å². The molecule has 1 amide bonds. The Morgan fingerprint density at radius 3 is 2.79 bits per heavy atom. The van der Waals surface area contributed by atoms with Crippen molar-refractivity contribution in [2.24, 2.45) is 0 Å². The number of hydrogen-bond acceptors (Lipinski definition) is 6. The SMILES string of the molecule is CCN(CC)CCn1c2c(c(SCC(=O)Nc3cccnc3)nc1=O)CCCC2. The molecule has 0 saturated heterocycles. The number of likely N-dealkylation sites (N-methyl/N-ethyl adjacent to an activating group) is 1. The number of thioether (sulfide) groups is 1. The first-order chi connectivity index (χ1) is 14.1. The molecule has 0 saturated carbocycles. The van der Waals surface area contributed by atoms with Gasteiger partial charge in [0.2, 0.25) is 5.91 Å². The van der Waals surface area contributed by atoms with Crippen LogP contribution in [0.2, 0.25) is 0 Å². The maximum Gasteiger partial charge on any atom is 0.348 e. The van der Waals surface area contributed by atoms with Gasteiger partial charge < -0.3 is 10.2 Å². The molecule has 2 aromatic heterocycles. The summed E-state index contributed by atoms with van der Waals surface area (Å²) in [5.74, 6) is 0.0945. The summed E-state index contributed by atoms with van der Waals surface area (Å²) in [6, 6.07) is 3.57. The number of carbonyl (C=O) groups excluding carboxylic acids is 1. The summed E-state index contributed by atoms with van der Waals surface area (Å²) in [7, 11) is 0. The second-order valence-corrected chi connectivity index (χ2v) is 8.05. The van der Waals surface area contributed by atoms with Crippen LogP contribution in [-0.2, 0) is 24.2 Å². The highest BCUT2D eigenvalue weighted by atomic mass is 32.2. The van der Waals surface area contributed by atoms with E-state index >= 15 is 0 Å². The summed E-state index contributed by atoms with van der Waals surface area (Å²) in [5, 5.41) is 3.54. The summed E-state index contributed by atoms with van der Waals surface area (Å²) >= 11 is 1.35. The van der Waals surface area contributed by atoms with E-state index in [-0.39, 0.29) is 17.3 Å². The lowest BCUT2D eigenvalue weighted by atomic mass is 9.97. The number of hydrogen-bond donors (Lipinski definition) is 1. The van der Waals surface area contributed by atoms with Crippen molar-refractivity contribution in [3.63, 3.8) is 0 Å². The van der Waals surface area contributed by atoms with E-state index in [1.165, 1.54) is 11.8 Å². The maximum atomic E-state index is 12.7. The Hall–Kier alpha value is -2.19. The number of aromatic nitrogens is 3. The van der Waals surface area contributed by atoms with Crippen molar-refractivity contribution in [2.75, 3.05) is 30.7 Å². The fraction of sp³-hybridized carbons (Fsp3) is 0.524. The average Bonchev–Trinajstić information content (AvgIpc) is 2.75. The molecular formula is C21H29N5O2S. The Kier molecular flexibility index (Phi) is 7.83. The Bertz CT molecular complexity index is 881. The summed E-state index contributed by atoms with van der Waals surface area (Å²) in [4.78, 5) is 35.7. The third kappa shape index (κ3) is 5.67. The summed E-state index contributed by atoms with van der Waals surface area (Å²) < 4.78 is 1.85. The van der Waals surface area contributed by atoms with E-state index in [1.807, 2.05) is 4.57 Å². The smallest absolute Gasteiger partial charge is 0.324 e. The zero-order chi connectivity index (χ0) is 20.6. The minimum absolute atomic E-state index is 0.125. The van der Waals surface area contributed by atoms with E-state index < -0.39 is 0 Å². The van der Waals surface area contributed by atoms with Gasteiger partial charge in [0.1, 0.15) is 5.03 Å². The highest BCUT2D eigenvalue weighted by molar-refractivity contribution is 8.00. The fourth-order valence-electron chi connectivity index (χ4n) is 3.65. The molecule has 29 heavy (non-hydrogen) atoms. The van der Waals surface area contributed by atoms with Crippen LogP contribution in [0.25, 0.3) is 0 Å². The summed E-state index contributed by atoms with van der Waals surface area (Å²) in [6.45, 7) is 7.73. The van der Waals surface area contributed by atoms with Crippen molar-refractivity contribution >= 4 is 23.4 Å². The lowest BCUT2D eigenvalue weighted by molar-refractivity contribution is -0.113. The zero-order valence-corrected chi connectivity index (χ0v) is 18.0. The Labute approximate surface area is 175 Å². The van der Waals surface area contributed by atoms with E-state index in [9.17, 15) is 9.59 Å². The van der Waals surface area contributed by atoms with Gasteiger partial charge in [-0.25, -0.2) is 4.79 Å². The minimum atomic E-state index is -0.201. The van der Waals surface area contributed by atoms with Crippen LogP contribution in [0.3, 0.4) is 0 Å². The molecule has 1 aliphatic carbocycles. The van der Waals surface area contributed by atoms with Crippen molar-refractivity contribution in [1.82, 2.24) is 19.4 Å². The Morgan fingerprint density at radius 1 is 1.28 bits per heavy atom. The molecule has 2 heterocycles. The van der Waals surface area contributed by atoms with Crippen molar-refractivity contribution in [2.45, 2.75) is 51.1 Å². The molecule has 7 nitrogen and oxygen atoms in total. The second-order valence-electron chi connectivity index (χ2n) is 7.09. The van der Waals surface area contributed by atoms with E-state index in [0.29, 0.717) is 17.3 Å². The van der Waals surface area contributed by atoms with Gasteiger partial charge in [0, 0.05) is 30.5 Å². The van der Waals surface area contributed by atoms with Gasteiger partial charge in [0.05, 0.1) is 17.6 Å². The van der Waals surface area contributed by atoms with Crippen LogP contribution in [0.15, 0.2) is 34.3 Å². The largest absolute Gasteiger partial charge is 0.348 e. The van der Waals surface area contributed by atoms with Gasteiger partial charge in [-0.05, 0) is 50.9 Å². The lowest BCUT2D eigenvalue weighted by Gasteiger charge is -2.24. The molecule has 1 N–H and O–H groups in total. The zero-order valence-electron chi connectivity index (χ0n) is 17.2. The number of rotatable bonds is 9. The van der Waals surface area contributed by atoms with Crippen LogP contribution in [0, 0.1) is 0 Å². The van der Waals surface area contributed by atoms with Crippen molar-refractivity contribution in [3.05, 3.63) is 46.3 Å². The third-order valence-corrected chi connectivity index (χ3v) is 6.29. The van der Waals surface area contributed by atoms with Gasteiger partial charge in [0.25, 0.3) is 0 Å². The van der Waals surface area contributed by atoms with Gasteiger partial charge in [-0.3, -0.25) is 14.3 Å². The molecule has 8 heteroatoms. The topological polar surface area (TPSA) is 80.1 Å². The van der Waals surface area contributed by atoms with Crippen LogP contribution < -0.4 is 11.0 Å². The van der Waals surface area contributed by atoms with Crippen molar-refractivity contribution < 1.29 is 4.79 Å². The van der Waals surface area contributed by atoms with Gasteiger partial charge in [-0.2, -0.15) is 4.98 Å². The van der Waals surface area contributed by atoms with Crippen LogP contribution in [0.4, 0.5) is 5.69 Å². The molecule has 0 fully saturated rings. The standard InChI is InChI=1S/C21H29N5O2S/c1-3-25(4-2)12-13-26-18-10-6-5-9-17(18)20(24-21(26)28)29-15-19(27)23-16-8-7-11-22-14-16/h7-8,11,14H,3-6,9-10,12-13,15H2,1-2H3,(H,23,27). The number of pyridine rings is 1. The molecule has 3 rings (SSSR count). The highest BCUT2D eigenvalue weighted by Crippen LogP contribution is 2.28. The summed E-state index contributed by atoms with van der Waals surface area (Å²) in [5.41, 5.74) is 2.72. The fourth-order valence-corrected chi connectivity index (χ4v) is 4.52. The first-order valence-electron chi connectivity index (χ1n) is 10.3. The van der Waals surface area contributed by atoms with E-state index in [1.54, 1.807) is 24.5 Å². The molecule has 0 aromatic carbocycles. The molecule has 0 unspecified atom stereocenters. The molecule has 0 atom stereocenters. The number of nitrogens with one attached hydrogen (secondary N) is 1. The molecule has 1 aliphatic rings. The van der Waals surface area contributed by atoms with E-state index in [4.69, 9.17) is 0 Å². The number of anilines is 1. The normalized spacial score (nSPS) is 13.3. The Morgan fingerprint density at radius 2 is 2.07 bits per heavy atom. The Balaban J connectivity index is 1.73. The van der Waals surface area contributed by atoms with Gasteiger partial charge in [-0.1, -0.05) is 25.6 Å². The number of carbonyl (C=O) groups is 1. The first kappa shape index (κ1) is 21.5. The third-order valence-electron chi connectivity index (χ3n) is 5.27. The van der Waals surface area contributed by atoms with Crippen LogP contribution in [-0.4, -0.2) is 50.7 Å². The number of nitrogens with zero attached hydrogens (tertiary/aromatic N) is 4. The molecular weight excluding hydrogens is 386 g/mol. The van der Waals surface area contributed by atoms with Crippen LogP contribution >= 0.6 is 11.8 Å². The monoisotopic (exact) mass is 415 g/mol. The molecule has 0 radical (unpaired) electrons. The minimum Gasteiger partial charge on any atom is -0.324 e. The lowest BCUT2D eigenvalue weighted by Crippen LogP contribution is -2.35. The molecule has 0 spiro atoms. The van der Waals surface area contributed by atoms with Crippen LogP contribution in [0.5, 0.6) is 0 Å². The van der Waals surface area contributed by atoms with Gasteiger partial charge >= 0.3 is 5.69 Å². The van der Waals surface area contributed by atoms with E-state index in [2.05, 4.69) is 34.0 Å².